The molecule has 3 N–H and O–H groups in total. The van der Waals surface area contributed by atoms with Crippen molar-refractivity contribution >= 4 is 17.8 Å². The molecular formula is C27H41N3O4. The van der Waals surface area contributed by atoms with E-state index in [1.807, 2.05) is 52.8 Å². The predicted octanol–water partition coefficient (Wildman–Crippen LogP) is 3.35. The second-order valence-electron chi connectivity index (χ2n) is 10.9. The van der Waals surface area contributed by atoms with Gasteiger partial charge in [-0.1, -0.05) is 71.0 Å². The van der Waals surface area contributed by atoms with Crippen LogP contribution >= 0.6 is 0 Å². The Morgan fingerprint density at radius 2 is 1.68 bits per heavy atom. The molecule has 0 unspecified atom stereocenters. The van der Waals surface area contributed by atoms with E-state index in [1.54, 1.807) is 25.1 Å². The largest absolute Gasteiger partial charge is 0.478 e. The van der Waals surface area contributed by atoms with Crippen molar-refractivity contribution in [3.8, 4) is 0 Å². The molecule has 3 atom stereocenters. The quantitative estimate of drug-likeness (QED) is 0.455. The average Bonchev–Trinajstić information content (AvgIpc) is 3.56. The first-order chi connectivity index (χ1) is 15.8. The molecule has 2 rings (SSSR count). The Morgan fingerprint density at radius 3 is 2.09 bits per heavy atom. The molecule has 0 saturated heterocycles. The Balaban J connectivity index is 2.32. The number of carbonyl (C=O) groups is 3. The van der Waals surface area contributed by atoms with Crippen LogP contribution in [0.15, 0.2) is 42.0 Å². The zero-order chi connectivity index (χ0) is 25.8. The maximum atomic E-state index is 13.7. The minimum atomic E-state index is -1.01. The summed E-state index contributed by atoms with van der Waals surface area (Å²) in [5.41, 5.74) is 0.479. The number of hydrogen-bond donors (Lipinski definition) is 3. The van der Waals surface area contributed by atoms with Crippen molar-refractivity contribution in [1.82, 2.24) is 15.5 Å². The number of amides is 2. The lowest BCUT2D eigenvalue weighted by atomic mass is 9.83. The number of rotatable bonds is 10. The van der Waals surface area contributed by atoms with Gasteiger partial charge in [0.2, 0.25) is 11.8 Å². The van der Waals surface area contributed by atoms with Crippen molar-refractivity contribution in [2.45, 2.75) is 77.9 Å². The summed E-state index contributed by atoms with van der Waals surface area (Å²) in [6.45, 7) is 11.2. The van der Waals surface area contributed by atoms with Gasteiger partial charge in [-0.15, -0.1) is 0 Å². The van der Waals surface area contributed by atoms with E-state index in [4.69, 9.17) is 0 Å². The van der Waals surface area contributed by atoms with Crippen molar-refractivity contribution in [3.05, 3.63) is 47.5 Å². The molecule has 0 spiro atoms. The van der Waals surface area contributed by atoms with Gasteiger partial charge in [0.25, 0.3) is 0 Å². The molecule has 1 aromatic carbocycles. The molecule has 0 aliphatic heterocycles. The Hall–Kier alpha value is -2.67. The summed E-state index contributed by atoms with van der Waals surface area (Å²) in [5.74, 6) is -1.46. The number of benzene rings is 1. The van der Waals surface area contributed by atoms with Gasteiger partial charge >= 0.3 is 5.97 Å². The highest BCUT2D eigenvalue weighted by atomic mass is 16.4. The van der Waals surface area contributed by atoms with Crippen LogP contribution in [0.2, 0.25) is 0 Å². The lowest BCUT2D eigenvalue weighted by Crippen LogP contribution is -2.60. The van der Waals surface area contributed by atoms with Crippen LogP contribution in [-0.4, -0.2) is 60.0 Å². The van der Waals surface area contributed by atoms with E-state index in [2.05, 4.69) is 22.8 Å². The maximum Gasteiger partial charge on any atom is 0.331 e. The van der Waals surface area contributed by atoms with Gasteiger partial charge < -0.3 is 20.6 Å². The van der Waals surface area contributed by atoms with E-state index in [9.17, 15) is 19.5 Å². The second kappa shape index (κ2) is 10.7. The van der Waals surface area contributed by atoms with E-state index in [1.165, 1.54) is 6.92 Å². The number of aliphatic carboxylic acids is 1. The van der Waals surface area contributed by atoms with Crippen LogP contribution in [0.25, 0.3) is 0 Å². The Bertz CT molecular complexity index is 914. The molecule has 7 heteroatoms. The first kappa shape index (κ1) is 27.6. The topological polar surface area (TPSA) is 98.7 Å². The normalized spacial score (nSPS) is 18.1. The van der Waals surface area contributed by atoms with Crippen LogP contribution in [-0.2, 0) is 19.8 Å². The fourth-order valence-corrected chi connectivity index (χ4v) is 4.61. The summed E-state index contributed by atoms with van der Waals surface area (Å²) in [4.78, 5) is 40.2. The summed E-state index contributed by atoms with van der Waals surface area (Å²) < 4.78 is 0. The lowest BCUT2D eigenvalue weighted by Gasteiger charge is -2.38. The fraction of sp³-hybridized carbons (Fsp3) is 0.593. The number of nitrogens with zero attached hydrogens (tertiary/aromatic N) is 1. The zero-order valence-corrected chi connectivity index (χ0v) is 21.8. The van der Waals surface area contributed by atoms with Crippen LogP contribution < -0.4 is 10.6 Å². The van der Waals surface area contributed by atoms with Crippen LogP contribution in [0.3, 0.4) is 0 Å². The number of likely N-dealkylation sites (N-methyl/N-ethyl adjacent to an activating group) is 2. The van der Waals surface area contributed by atoms with E-state index in [-0.39, 0.29) is 28.7 Å². The molecule has 1 aliphatic carbocycles. The van der Waals surface area contributed by atoms with Gasteiger partial charge in [0.05, 0.1) is 12.1 Å². The Kier molecular flexibility index (Phi) is 8.70. The van der Waals surface area contributed by atoms with Crippen LogP contribution in [0.4, 0.5) is 0 Å². The van der Waals surface area contributed by atoms with Crippen LogP contribution in [0.5, 0.6) is 0 Å². The molecule has 34 heavy (non-hydrogen) atoms. The lowest BCUT2D eigenvalue weighted by molar-refractivity contribution is -0.140. The third-order valence-corrected chi connectivity index (χ3v) is 6.88. The third kappa shape index (κ3) is 6.06. The van der Waals surface area contributed by atoms with Crippen molar-refractivity contribution in [2.24, 2.45) is 11.3 Å². The monoisotopic (exact) mass is 471 g/mol. The first-order valence-electron chi connectivity index (χ1n) is 12.0. The molecule has 7 nitrogen and oxygen atoms in total. The highest BCUT2D eigenvalue weighted by Gasteiger charge is 2.53. The van der Waals surface area contributed by atoms with E-state index >= 15 is 0 Å². The van der Waals surface area contributed by atoms with Crippen molar-refractivity contribution in [1.29, 1.82) is 0 Å². The van der Waals surface area contributed by atoms with E-state index in [0.29, 0.717) is 0 Å². The molecule has 2 amide bonds. The fourth-order valence-electron chi connectivity index (χ4n) is 4.61. The highest BCUT2D eigenvalue weighted by Crippen LogP contribution is 2.51. The minimum Gasteiger partial charge on any atom is -0.478 e. The SMILES string of the molecule is CN[C@H](C(=O)N[C@H](C(=O)N(C)[C@H](C=C(C)C(=O)O)C(C)C)C(C)(C)C)C1(c2ccccc2)CC1. The molecule has 1 saturated carbocycles. The van der Waals surface area contributed by atoms with Crippen molar-refractivity contribution in [3.63, 3.8) is 0 Å². The van der Waals surface area contributed by atoms with Gasteiger partial charge in [0, 0.05) is 18.0 Å². The highest BCUT2D eigenvalue weighted by molar-refractivity contribution is 5.92. The minimum absolute atomic E-state index is 0.00237. The summed E-state index contributed by atoms with van der Waals surface area (Å²) >= 11 is 0. The summed E-state index contributed by atoms with van der Waals surface area (Å²) in [6.07, 6.45) is 3.41. The van der Waals surface area contributed by atoms with Crippen molar-refractivity contribution in [2.75, 3.05) is 14.1 Å². The van der Waals surface area contributed by atoms with Gasteiger partial charge in [0.15, 0.2) is 0 Å². The average molecular weight is 472 g/mol. The maximum absolute atomic E-state index is 13.7. The first-order valence-corrected chi connectivity index (χ1v) is 12.0. The smallest absolute Gasteiger partial charge is 0.331 e. The Labute approximate surface area is 204 Å². The van der Waals surface area contributed by atoms with Gasteiger partial charge in [0.1, 0.15) is 6.04 Å². The molecule has 1 aromatic rings. The van der Waals surface area contributed by atoms with Crippen LogP contribution in [0, 0.1) is 11.3 Å². The van der Waals surface area contributed by atoms with Gasteiger partial charge in [-0.05, 0) is 43.7 Å². The summed E-state index contributed by atoms with van der Waals surface area (Å²) in [6, 6.07) is 8.38. The predicted molar refractivity (Wildman–Crippen MR) is 134 cm³/mol. The molecule has 188 valence electrons. The number of carboxylic acids is 1. The third-order valence-electron chi connectivity index (χ3n) is 6.88. The summed E-state index contributed by atoms with van der Waals surface area (Å²) in [7, 11) is 3.45. The van der Waals surface area contributed by atoms with Crippen LogP contribution in [0.1, 0.15) is 59.9 Å². The van der Waals surface area contributed by atoms with Gasteiger partial charge in [-0.3, -0.25) is 9.59 Å². The molecule has 0 bridgehead atoms. The van der Waals surface area contributed by atoms with Gasteiger partial charge in [-0.2, -0.15) is 0 Å². The number of carboxylic acid groups (broad SMARTS) is 1. The number of carbonyl (C=O) groups excluding carboxylic acids is 2. The Morgan fingerprint density at radius 1 is 1.12 bits per heavy atom. The van der Waals surface area contributed by atoms with E-state index < -0.39 is 29.5 Å². The molecule has 0 aromatic heterocycles. The molecular weight excluding hydrogens is 430 g/mol. The zero-order valence-electron chi connectivity index (χ0n) is 21.8. The van der Waals surface area contributed by atoms with Gasteiger partial charge in [-0.25, -0.2) is 4.79 Å². The number of hydrogen-bond acceptors (Lipinski definition) is 4. The standard InChI is InChI=1S/C27H41N3O4/c1-17(2)20(16-18(3)25(33)34)30(8)24(32)22(26(4,5)6)29-23(31)21(28-7)27(14-15-27)19-12-10-9-11-13-19/h9-13,16-17,20-22,28H,14-15H2,1-8H3,(H,29,31)(H,33,34)/t20-,21-,22-/m1/s1. The molecule has 0 heterocycles. The molecule has 1 aliphatic rings. The second-order valence-corrected chi connectivity index (χ2v) is 10.9. The van der Waals surface area contributed by atoms with E-state index in [0.717, 1.165) is 18.4 Å². The number of nitrogens with one attached hydrogen (secondary N) is 2. The molecule has 1 fully saturated rings. The summed E-state index contributed by atoms with van der Waals surface area (Å²) in [5, 5.41) is 15.6. The molecule has 0 radical (unpaired) electrons. The van der Waals surface area contributed by atoms with Crippen molar-refractivity contribution < 1.29 is 19.5 Å².